The Morgan fingerprint density at radius 1 is 1.14 bits per heavy atom. The number of rotatable bonds is 7. The summed E-state index contributed by atoms with van der Waals surface area (Å²) in [6, 6.07) is 10.5. The summed E-state index contributed by atoms with van der Waals surface area (Å²) < 4.78 is 0. The molecule has 0 spiro atoms. The molecule has 1 saturated heterocycles. The second-order valence-corrected chi connectivity index (χ2v) is 7.22. The van der Waals surface area contributed by atoms with Gasteiger partial charge in [0.1, 0.15) is 0 Å². The first-order valence-corrected chi connectivity index (χ1v) is 9.09. The molecule has 0 bridgehead atoms. The molecule has 0 aromatic heterocycles. The molecule has 1 aromatic carbocycles. The molecule has 0 saturated carbocycles. The van der Waals surface area contributed by atoms with E-state index in [2.05, 4.69) is 23.6 Å². The number of nitrogens with two attached hydrogens (primary N) is 1. The zero-order valence-electron chi connectivity index (χ0n) is 13.7. The average Bonchev–Trinajstić information content (AvgIpc) is 2.59. The first-order valence-electron chi connectivity index (χ1n) is 8.04. The van der Waals surface area contributed by atoms with E-state index in [9.17, 15) is 0 Å². The highest BCUT2D eigenvalue weighted by Gasteiger charge is 2.23. The van der Waals surface area contributed by atoms with Gasteiger partial charge in [-0.05, 0) is 19.4 Å². The number of hydrogen-bond donors (Lipinski definition) is 2. The molecule has 1 aliphatic rings. The zero-order chi connectivity index (χ0) is 15.9. The standard InChI is InChI=1S/C17H28N4S/c1-14(12-18)20-8-10-21(11-9-20)15(2)22-13-17(19)16-6-4-3-5-7-16/h3-7,14-15,19H,8-13,18H2,1-2H3. The molecule has 0 aliphatic carbocycles. The van der Waals surface area contributed by atoms with E-state index in [1.807, 2.05) is 42.1 Å². The molecule has 2 rings (SSSR count). The van der Waals surface area contributed by atoms with E-state index in [0.717, 1.165) is 44.0 Å². The summed E-state index contributed by atoms with van der Waals surface area (Å²) in [5.41, 5.74) is 7.50. The fourth-order valence-corrected chi connectivity index (χ4v) is 3.72. The Labute approximate surface area is 138 Å². The highest BCUT2D eigenvalue weighted by atomic mass is 32.2. The summed E-state index contributed by atoms with van der Waals surface area (Å²) >= 11 is 1.86. The average molecular weight is 321 g/mol. The first kappa shape index (κ1) is 17.5. The lowest BCUT2D eigenvalue weighted by Crippen LogP contribution is -2.52. The van der Waals surface area contributed by atoms with Gasteiger partial charge < -0.3 is 11.1 Å². The second kappa shape index (κ2) is 8.67. The first-order chi connectivity index (χ1) is 10.6. The third-order valence-electron chi connectivity index (χ3n) is 4.42. The van der Waals surface area contributed by atoms with Gasteiger partial charge in [-0.25, -0.2) is 0 Å². The monoisotopic (exact) mass is 320 g/mol. The zero-order valence-corrected chi connectivity index (χ0v) is 14.5. The molecule has 3 N–H and O–H groups in total. The van der Waals surface area contributed by atoms with Crippen molar-refractivity contribution < 1.29 is 0 Å². The van der Waals surface area contributed by atoms with Crippen molar-refractivity contribution in [2.75, 3.05) is 38.5 Å². The molecule has 1 aromatic rings. The van der Waals surface area contributed by atoms with Crippen molar-refractivity contribution in [2.45, 2.75) is 25.3 Å². The maximum atomic E-state index is 8.19. The van der Waals surface area contributed by atoms with Gasteiger partial charge in [0.15, 0.2) is 0 Å². The third kappa shape index (κ3) is 4.81. The Balaban J connectivity index is 1.74. The van der Waals surface area contributed by atoms with Gasteiger partial charge in [-0.1, -0.05) is 30.3 Å². The van der Waals surface area contributed by atoms with Crippen LogP contribution in [0.5, 0.6) is 0 Å². The van der Waals surface area contributed by atoms with Crippen LogP contribution in [0.1, 0.15) is 19.4 Å². The van der Waals surface area contributed by atoms with Crippen LogP contribution in [0, 0.1) is 5.41 Å². The van der Waals surface area contributed by atoms with Gasteiger partial charge in [0, 0.05) is 50.2 Å². The number of thioether (sulfide) groups is 1. The fraction of sp³-hybridized carbons (Fsp3) is 0.588. The van der Waals surface area contributed by atoms with Crippen LogP contribution in [0.3, 0.4) is 0 Å². The number of nitrogens with zero attached hydrogens (tertiary/aromatic N) is 2. The van der Waals surface area contributed by atoms with E-state index in [1.165, 1.54) is 0 Å². The van der Waals surface area contributed by atoms with Gasteiger partial charge in [0.05, 0.1) is 5.37 Å². The topological polar surface area (TPSA) is 56.4 Å². The Hall–Kier alpha value is -0.880. The summed E-state index contributed by atoms with van der Waals surface area (Å²) in [7, 11) is 0. The minimum Gasteiger partial charge on any atom is -0.329 e. The largest absolute Gasteiger partial charge is 0.329 e. The summed E-state index contributed by atoms with van der Waals surface area (Å²) in [5.74, 6) is 0.768. The van der Waals surface area contributed by atoms with E-state index in [4.69, 9.17) is 11.1 Å². The molecule has 2 unspecified atom stereocenters. The highest BCUT2D eigenvalue weighted by molar-refractivity contribution is 8.00. The smallest absolute Gasteiger partial charge is 0.0533 e. The van der Waals surface area contributed by atoms with Crippen LogP contribution < -0.4 is 5.73 Å². The van der Waals surface area contributed by atoms with Gasteiger partial charge in [-0.15, -0.1) is 11.8 Å². The number of benzene rings is 1. The lowest BCUT2D eigenvalue weighted by Gasteiger charge is -2.40. The molecule has 1 fully saturated rings. The summed E-state index contributed by atoms with van der Waals surface area (Å²) in [4.78, 5) is 4.99. The molecule has 1 aliphatic heterocycles. The minimum absolute atomic E-state index is 0.458. The van der Waals surface area contributed by atoms with Gasteiger partial charge in [0.2, 0.25) is 0 Å². The van der Waals surface area contributed by atoms with Crippen molar-refractivity contribution in [1.82, 2.24) is 9.80 Å². The number of hydrogen-bond acceptors (Lipinski definition) is 5. The molecule has 0 amide bonds. The molecule has 0 radical (unpaired) electrons. The molecule has 2 atom stereocenters. The van der Waals surface area contributed by atoms with Crippen LogP contribution in [-0.4, -0.2) is 65.4 Å². The summed E-state index contributed by atoms with van der Waals surface area (Å²) in [5, 5.41) is 8.65. The van der Waals surface area contributed by atoms with E-state index < -0.39 is 0 Å². The maximum absolute atomic E-state index is 8.19. The highest BCUT2D eigenvalue weighted by Crippen LogP contribution is 2.19. The normalized spacial score (nSPS) is 19.8. The van der Waals surface area contributed by atoms with Crippen LogP contribution in [0.4, 0.5) is 0 Å². The van der Waals surface area contributed by atoms with Crippen molar-refractivity contribution in [3.63, 3.8) is 0 Å². The quantitative estimate of drug-likeness (QED) is 0.756. The predicted octanol–water partition coefficient (Wildman–Crippen LogP) is 2.10. The van der Waals surface area contributed by atoms with Crippen LogP contribution in [0.25, 0.3) is 0 Å². The van der Waals surface area contributed by atoms with E-state index in [0.29, 0.717) is 17.1 Å². The lowest BCUT2D eigenvalue weighted by atomic mass is 10.1. The van der Waals surface area contributed by atoms with Crippen molar-refractivity contribution in [1.29, 1.82) is 5.41 Å². The Bertz CT molecular complexity index is 457. The van der Waals surface area contributed by atoms with Gasteiger partial charge in [-0.2, -0.15) is 0 Å². The SMILES string of the molecule is CC(CN)N1CCN(C(C)SCC(=N)c2ccccc2)CC1. The van der Waals surface area contributed by atoms with Gasteiger partial charge >= 0.3 is 0 Å². The predicted molar refractivity (Wildman–Crippen MR) is 96.9 cm³/mol. The fourth-order valence-electron chi connectivity index (χ4n) is 2.72. The Morgan fingerprint density at radius 2 is 1.73 bits per heavy atom. The van der Waals surface area contributed by atoms with Crippen molar-refractivity contribution >= 4 is 17.5 Å². The molecule has 1 heterocycles. The Kier molecular flexibility index (Phi) is 6.89. The number of piperazine rings is 1. The van der Waals surface area contributed by atoms with Crippen molar-refractivity contribution in [3.8, 4) is 0 Å². The van der Waals surface area contributed by atoms with Gasteiger partial charge in [-0.3, -0.25) is 9.80 Å². The van der Waals surface area contributed by atoms with Crippen molar-refractivity contribution in [2.24, 2.45) is 5.73 Å². The van der Waals surface area contributed by atoms with Crippen molar-refractivity contribution in [3.05, 3.63) is 35.9 Å². The Morgan fingerprint density at radius 3 is 2.32 bits per heavy atom. The molecule has 4 nitrogen and oxygen atoms in total. The number of nitrogens with one attached hydrogen (secondary N) is 1. The molecular formula is C17H28N4S. The minimum atomic E-state index is 0.458. The van der Waals surface area contributed by atoms with Crippen LogP contribution >= 0.6 is 11.8 Å². The third-order valence-corrected chi connectivity index (χ3v) is 5.65. The molecule has 22 heavy (non-hydrogen) atoms. The molecule has 122 valence electrons. The molecular weight excluding hydrogens is 292 g/mol. The van der Waals surface area contributed by atoms with E-state index in [1.54, 1.807) is 0 Å². The summed E-state index contributed by atoms with van der Waals surface area (Å²) in [6.45, 7) is 9.58. The molecule has 5 heteroatoms. The second-order valence-electron chi connectivity index (χ2n) is 5.91. The van der Waals surface area contributed by atoms with E-state index in [-0.39, 0.29) is 0 Å². The van der Waals surface area contributed by atoms with E-state index >= 15 is 0 Å². The lowest BCUT2D eigenvalue weighted by molar-refractivity contribution is 0.102. The maximum Gasteiger partial charge on any atom is 0.0533 e. The van der Waals surface area contributed by atoms with Crippen LogP contribution in [0.15, 0.2) is 30.3 Å². The summed E-state index contributed by atoms with van der Waals surface area (Å²) in [6.07, 6.45) is 0. The van der Waals surface area contributed by atoms with Gasteiger partial charge in [0.25, 0.3) is 0 Å². The van der Waals surface area contributed by atoms with Crippen LogP contribution in [-0.2, 0) is 0 Å². The van der Waals surface area contributed by atoms with Crippen LogP contribution in [0.2, 0.25) is 0 Å².